The number of carbonyl (C=O) groups is 2. The number of fused-ring (bicyclic) bond motifs is 1. The average molecular weight is 302 g/mol. The van der Waals surface area contributed by atoms with Crippen molar-refractivity contribution in [1.82, 2.24) is 10.3 Å². The molecule has 2 fully saturated rings. The van der Waals surface area contributed by atoms with Gasteiger partial charge in [-0.05, 0) is 56.4 Å². The lowest BCUT2D eigenvalue weighted by Crippen LogP contribution is -2.31. The Morgan fingerprint density at radius 2 is 1.95 bits per heavy atom. The number of Topliss-reactive ketones (excluding diaryl/α,β-unsaturated/α-hetero) is 1. The van der Waals surface area contributed by atoms with Gasteiger partial charge in [0.25, 0.3) is 5.91 Å². The molecule has 0 saturated heterocycles. The van der Waals surface area contributed by atoms with Crippen LogP contribution < -0.4 is 5.32 Å². The molecule has 0 aromatic carbocycles. The number of ketones is 1. The fraction of sp³-hybridized carbons (Fsp3) is 0.667. The van der Waals surface area contributed by atoms with Crippen molar-refractivity contribution in [3.63, 3.8) is 0 Å². The number of amides is 1. The Bertz CT molecular complexity index is 602. The van der Waals surface area contributed by atoms with Crippen molar-refractivity contribution in [3.05, 3.63) is 22.5 Å². The summed E-state index contributed by atoms with van der Waals surface area (Å²) in [5, 5.41) is 3.12. The molecule has 4 nitrogen and oxygen atoms in total. The minimum absolute atomic E-state index is 0.0239. The van der Waals surface area contributed by atoms with Crippen molar-refractivity contribution in [1.29, 1.82) is 0 Å². The molecule has 0 spiro atoms. The van der Waals surface area contributed by atoms with Crippen LogP contribution in [0, 0.1) is 31.6 Å². The van der Waals surface area contributed by atoms with Gasteiger partial charge in [-0.3, -0.25) is 9.59 Å². The van der Waals surface area contributed by atoms with E-state index in [0.717, 1.165) is 29.6 Å². The summed E-state index contributed by atoms with van der Waals surface area (Å²) in [6.07, 6.45) is 6.66. The Balaban J connectivity index is 1.66. The highest BCUT2D eigenvalue weighted by Crippen LogP contribution is 2.47. The van der Waals surface area contributed by atoms with Crippen LogP contribution in [-0.2, 0) is 0 Å². The summed E-state index contributed by atoms with van der Waals surface area (Å²) in [6, 6.07) is 0. The van der Waals surface area contributed by atoms with E-state index < -0.39 is 0 Å². The van der Waals surface area contributed by atoms with Gasteiger partial charge in [0, 0.05) is 19.2 Å². The summed E-state index contributed by atoms with van der Waals surface area (Å²) in [7, 11) is 0. The quantitative estimate of drug-likeness (QED) is 0.837. The largest absolute Gasteiger partial charge is 0.355 e. The van der Waals surface area contributed by atoms with Crippen LogP contribution in [0.4, 0.5) is 0 Å². The maximum absolute atomic E-state index is 12.5. The van der Waals surface area contributed by atoms with E-state index in [9.17, 15) is 9.59 Å². The van der Waals surface area contributed by atoms with Crippen LogP contribution in [0.2, 0.25) is 0 Å². The minimum Gasteiger partial charge on any atom is -0.355 e. The third-order valence-corrected chi connectivity index (χ3v) is 5.77. The van der Waals surface area contributed by atoms with Crippen molar-refractivity contribution in [2.75, 3.05) is 6.54 Å². The molecule has 0 aliphatic heterocycles. The Labute approximate surface area is 132 Å². The van der Waals surface area contributed by atoms with Gasteiger partial charge in [-0.2, -0.15) is 0 Å². The lowest BCUT2D eigenvalue weighted by molar-refractivity contribution is 0.0942. The van der Waals surface area contributed by atoms with Crippen molar-refractivity contribution < 1.29 is 9.59 Å². The van der Waals surface area contributed by atoms with Gasteiger partial charge in [-0.15, -0.1) is 0 Å². The van der Waals surface area contributed by atoms with Crippen LogP contribution in [0.5, 0.6) is 0 Å². The average Bonchev–Trinajstić information content (AvgIpc) is 3.11. The summed E-state index contributed by atoms with van der Waals surface area (Å²) in [5.41, 5.74) is 2.75. The minimum atomic E-state index is -0.0415. The molecule has 1 heterocycles. The molecule has 2 saturated carbocycles. The van der Waals surface area contributed by atoms with Crippen LogP contribution in [0.15, 0.2) is 0 Å². The summed E-state index contributed by atoms with van der Waals surface area (Å²) in [5.74, 6) is 2.30. The first kappa shape index (κ1) is 15.3. The number of H-pyrrole nitrogens is 1. The van der Waals surface area contributed by atoms with Gasteiger partial charge in [0.05, 0.1) is 11.3 Å². The van der Waals surface area contributed by atoms with Crippen LogP contribution >= 0.6 is 0 Å². The molecule has 22 heavy (non-hydrogen) atoms. The lowest BCUT2D eigenvalue weighted by atomic mass is 9.92. The van der Waals surface area contributed by atoms with Crippen molar-refractivity contribution in [3.8, 4) is 0 Å². The smallest absolute Gasteiger partial charge is 0.253 e. The molecular weight excluding hydrogens is 276 g/mol. The summed E-state index contributed by atoms with van der Waals surface area (Å²) in [4.78, 5) is 27.2. The molecule has 1 amide bonds. The van der Waals surface area contributed by atoms with Gasteiger partial charge in [-0.1, -0.05) is 12.8 Å². The molecule has 0 unspecified atom stereocenters. The molecule has 2 aliphatic rings. The molecular formula is C18H26N2O2. The van der Waals surface area contributed by atoms with Gasteiger partial charge >= 0.3 is 0 Å². The monoisotopic (exact) mass is 302 g/mol. The van der Waals surface area contributed by atoms with E-state index in [0.29, 0.717) is 17.2 Å². The maximum Gasteiger partial charge on any atom is 0.253 e. The highest BCUT2D eigenvalue weighted by Gasteiger charge is 2.38. The van der Waals surface area contributed by atoms with E-state index >= 15 is 0 Å². The highest BCUT2D eigenvalue weighted by atomic mass is 16.1. The molecule has 2 N–H and O–H groups in total. The van der Waals surface area contributed by atoms with Crippen LogP contribution in [0.3, 0.4) is 0 Å². The second-order valence-corrected chi connectivity index (χ2v) is 7.08. The summed E-state index contributed by atoms with van der Waals surface area (Å²) < 4.78 is 0. The number of aryl methyl sites for hydroxylation is 1. The summed E-state index contributed by atoms with van der Waals surface area (Å²) in [6.45, 7) is 6.01. The number of carbonyl (C=O) groups excluding carboxylic acids is 2. The van der Waals surface area contributed by atoms with E-state index in [4.69, 9.17) is 0 Å². The number of nitrogens with one attached hydrogen (secondary N) is 2. The topological polar surface area (TPSA) is 62.0 Å². The first-order valence-electron chi connectivity index (χ1n) is 8.47. The molecule has 0 radical (unpaired) electrons. The Morgan fingerprint density at radius 3 is 2.64 bits per heavy atom. The van der Waals surface area contributed by atoms with E-state index in [-0.39, 0.29) is 11.7 Å². The van der Waals surface area contributed by atoms with Gasteiger partial charge in [0.15, 0.2) is 5.78 Å². The highest BCUT2D eigenvalue weighted by molar-refractivity contribution is 6.02. The first-order chi connectivity index (χ1) is 10.5. The maximum atomic E-state index is 12.5. The predicted molar refractivity (Wildman–Crippen MR) is 86.2 cm³/mol. The second kappa shape index (κ2) is 5.90. The standard InChI is InChI=1S/C18H26N2O2/c1-10-16(11(2)20-17(10)12(3)21)18(22)19-9-14-8-7-13-5-4-6-15(13)14/h13-15,20H,4-9H2,1-3H3,(H,19,22)/t13-,14+,15-/m0/s1. The first-order valence-corrected chi connectivity index (χ1v) is 8.47. The fourth-order valence-electron chi connectivity index (χ4n) is 4.70. The molecule has 4 heteroatoms. The fourth-order valence-corrected chi connectivity index (χ4v) is 4.70. The van der Waals surface area contributed by atoms with E-state index in [1.165, 1.54) is 39.0 Å². The molecule has 3 atom stereocenters. The normalized spacial score (nSPS) is 27.0. The third-order valence-electron chi connectivity index (χ3n) is 5.77. The van der Waals surface area contributed by atoms with Crippen LogP contribution in [0.1, 0.15) is 71.1 Å². The van der Waals surface area contributed by atoms with Crippen molar-refractivity contribution in [2.45, 2.75) is 52.9 Å². The molecule has 120 valence electrons. The van der Waals surface area contributed by atoms with E-state index in [2.05, 4.69) is 10.3 Å². The number of rotatable bonds is 4. The Kier molecular flexibility index (Phi) is 4.11. The molecule has 1 aromatic heterocycles. The number of hydrogen-bond donors (Lipinski definition) is 2. The van der Waals surface area contributed by atoms with Crippen LogP contribution in [0.25, 0.3) is 0 Å². The second-order valence-electron chi connectivity index (χ2n) is 7.08. The van der Waals surface area contributed by atoms with E-state index in [1.807, 2.05) is 13.8 Å². The lowest BCUT2D eigenvalue weighted by Gasteiger charge is -2.19. The molecule has 3 rings (SSSR count). The number of aromatic nitrogens is 1. The van der Waals surface area contributed by atoms with Crippen LogP contribution in [-0.4, -0.2) is 23.2 Å². The third kappa shape index (κ3) is 2.59. The molecule has 0 bridgehead atoms. The van der Waals surface area contributed by atoms with Gasteiger partial charge in [0.2, 0.25) is 0 Å². The van der Waals surface area contributed by atoms with Gasteiger partial charge in [0.1, 0.15) is 0 Å². The zero-order chi connectivity index (χ0) is 15.9. The molecule has 2 aliphatic carbocycles. The van der Waals surface area contributed by atoms with Crippen molar-refractivity contribution in [2.24, 2.45) is 17.8 Å². The predicted octanol–water partition coefficient (Wildman–Crippen LogP) is 3.39. The van der Waals surface area contributed by atoms with Gasteiger partial charge in [-0.25, -0.2) is 0 Å². The number of hydrogen-bond acceptors (Lipinski definition) is 2. The Hall–Kier alpha value is -1.58. The molecule has 1 aromatic rings. The Morgan fingerprint density at radius 1 is 1.18 bits per heavy atom. The van der Waals surface area contributed by atoms with E-state index in [1.54, 1.807) is 0 Å². The zero-order valence-electron chi connectivity index (χ0n) is 13.8. The van der Waals surface area contributed by atoms with Crippen molar-refractivity contribution >= 4 is 11.7 Å². The zero-order valence-corrected chi connectivity index (χ0v) is 13.8. The summed E-state index contributed by atoms with van der Waals surface area (Å²) >= 11 is 0. The SMILES string of the molecule is CC(=O)c1[nH]c(C)c(C(=O)NC[C@H]2CC[C@@H]3CCC[C@@H]32)c1C. The number of aromatic amines is 1. The van der Waals surface area contributed by atoms with Gasteiger partial charge < -0.3 is 10.3 Å².